The summed E-state index contributed by atoms with van der Waals surface area (Å²) in [5.41, 5.74) is 4.64. The Morgan fingerprint density at radius 2 is 1.84 bits per heavy atom. The molecule has 0 radical (unpaired) electrons. The van der Waals surface area contributed by atoms with Gasteiger partial charge in [-0.3, -0.25) is 0 Å². The maximum atomic E-state index is 10.1. The number of rotatable bonds is 2. The highest BCUT2D eigenvalue weighted by Crippen LogP contribution is 2.39. The Balaban J connectivity index is 2.18. The maximum absolute atomic E-state index is 10.1. The summed E-state index contributed by atoms with van der Waals surface area (Å²) in [5, 5.41) is 10.1. The highest BCUT2D eigenvalue weighted by atomic mass is 16.5. The van der Waals surface area contributed by atoms with Crippen LogP contribution in [0.5, 0.6) is 5.75 Å². The summed E-state index contributed by atoms with van der Waals surface area (Å²) in [6.45, 7) is 0. The van der Waals surface area contributed by atoms with Crippen molar-refractivity contribution in [2.75, 3.05) is 7.11 Å². The van der Waals surface area contributed by atoms with Crippen molar-refractivity contribution in [1.82, 2.24) is 0 Å². The van der Waals surface area contributed by atoms with Gasteiger partial charge in [-0.2, -0.15) is 0 Å². The summed E-state index contributed by atoms with van der Waals surface area (Å²) >= 11 is 0. The lowest BCUT2D eigenvalue weighted by molar-refractivity contribution is 0.156. The van der Waals surface area contributed by atoms with E-state index in [1.54, 1.807) is 7.11 Å². The molecule has 2 heteroatoms. The molecule has 1 unspecified atom stereocenters. The van der Waals surface area contributed by atoms with E-state index < -0.39 is 0 Å². The largest absolute Gasteiger partial charge is 0.496 e. The van der Waals surface area contributed by atoms with Gasteiger partial charge < -0.3 is 9.84 Å². The summed E-state index contributed by atoms with van der Waals surface area (Å²) < 4.78 is 5.46. The number of aliphatic hydroxyl groups is 1. The fourth-order valence-corrected chi connectivity index (χ4v) is 2.94. The van der Waals surface area contributed by atoms with E-state index in [0.29, 0.717) is 0 Å². The smallest absolute Gasteiger partial charge is 0.126 e. The number of hydrogen-bond donors (Lipinski definition) is 1. The molecule has 0 aliphatic heterocycles. The average Bonchev–Trinajstić information content (AvgIpc) is 2.47. The first-order chi connectivity index (χ1) is 9.31. The second kappa shape index (κ2) is 5.06. The lowest BCUT2D eigenvalue weighted by atomic mass is 9.84. The van der Waals surface area contributed by atoms with Crippen molar-refractivity contribution in [2.24, 2.45) is 0 Å². The van der Waals surface area contributed by atoms with E-state index in [2.05, 4.69) is 12.1 Å². The molecule has 2 nitrogen and oxygen atoms in total. The van der Waals surface area contributed by atoms with Crippen LogP contribution in [0.15, 0.2) is 42.5 Å². The Kier molecular flexibility index (Phi) is 3.26. The fraction of sp³-hybridized carbons (Fsp3) is 0.294. The van der Waals surface area contributed by atoms with Gasteiger partial charge >= 0.3 is 0 Å². The Hall–Kier alpha value is -1.80. The third-order valence-corrected chi connectivity index (χ3v) is 3.87. The van der Waals surface area contributed by atoms with E-state index in [1.165, 1.54) is 11.1 Å². The molecule has 19 heavy (non-hydrogen) atoms. The molecular formula is C17H18O2. The Labute approximate surface area is 113 Å². The van der Waals surface area contributed by atoms with E-state index in [0.717, 1.165) is 36.1 Å². The normalized spacial score (nSPS) is 17.9. The summed E-state index contributed by atoms with van der Waals surface area (Å²) in [6, 6.07) is 14.2. The summed E-state index contributed by atoms with van der Waals surface area (Å²) in [4.78, 5) is 0. The van der Waals surface area contributed by atoms with Gasteiger partial charge in [-0.15, -0.1) is 0 Å². The quantitative estimate of drug-likeness (QED) is 0.884. The van der Waals surface area contributed by atoms with Crippen molar-refractivity contribution < 1.29 is 9.84 Å². The lowest BCUT2D eigenvalue weighted by Gasteiger charge is -2.24. The van der Waals surface area contributed by atoms with Gasteiger partial charge in [0.25, 0.3) is 0 Å². The Morgan fingerprint density at radius 3 is 2.68 bits per heavy atom. The van der Waals surface area contributed by atoms with E-state index in [-0.39, 0.29) is 6.10 Å². The predicted molar refractivity (Wildman–Crippen MR) is 76.3 cm³/mol. The number of para-hydroxylation sites is 1. The number of aliphatic hydroxyl groups excluding tert-OH is 1. The molecule has 0 bridgehead atoms. The summed E-state index contributed by atoms with van der Waals surface area (Å²) in [7, 11) is 1.70. The van der Waals surface area contributed by atoms with E-state index in [9.17, 15) is 5.11 Å². The van der Waals surface area contributed by atoms with E-state index in [4.69, 9.17) is 4.74 Å². The van der Waals surface area contributed by atoms with Crippen LogP contribution < -0.4 is 4.74 Å². The highest BCUT2D eigenvalue weighted by Gasteiger charge is 2.21. The molecule has 0 saturated carbocycles. The van der Waals surface area contributed by atoms with Gasteiger partial charge in [-0.1, -0.05) is 36.4 Å². The molecule has 0 heterocycles. The first kappa shape index (κ1) is 12.2. The standard InChI is InChI=1S/C17H18O2/c1-19-17-11-3-2-6-15(17)13-7-4-9-14-12(13)8-5-10-16(14)18/h2-4,6-7,9,11,16,18H,5,8,10H2,1H3. The highest BCUT2D eigenvalue weighted by molar-refractivity contribution is 5.74. The van der Waals surface area contributed by atoms with Gasteiger partial charge in [0, 0.05) is 5.56 Å². The third-order valence-electron chi connectivity index (χ3n) is 3.87. The molecule has 2 aromatic carbocycles. The number of fused-ring (bicyclic) bond motifs is 1. The van der Waals surface area contributed by atoms with Crippen molar-refractivity contribution in [3.05, 3.63) is 53.6 Å². The SMILES string of the molecule is COc1ccccc1-c1cccc2c1CCCC2O. The van der Waals surface area contributed by atoms with Gasteiger partial charge in [0.05, 0.1) is 13.2 Å². The van der Waals surface area contributed by atoms with Crippen LogP contribution in [0, 0.1) is 0 Å². The zero-order valence-corrected chi connectivity index (χ0v) is 11.1. The van der Waals surface area contributed by atoms with Crippen LogP contribution in [0.25, 0.3) is 11.1 Å². The van der Waals surface area contributed by atoms with Gasteiger partial charge in [-0.25, -0.2) is 0 Å². The van der Waals surface area contributed by atoms with Crippen LogP contribution in [0.4, 0.5) is 0 Å². The second-order valence-electron chi connectivity index (χ2n) is 4.98. The Morgan fingerprint density at radius 1 is 1.05 bits per heavy atom. The van der Waals surface area contributed by atoms with Crippen LogP contribution in [0.2, 0.25) is 0 Å². The molecule has 1 aliphatic carbocycles. The monoisotopic (exact) mass is 254 g/mol. The number of methoxy groups -OCH3 is 1. The van der Waals surface area contributed by atoms with Crippen LogP contribution in [0.1, 0.15) is 30.1 Å². The van der Waals surface area contributed by atoms with Gasteiger partial charge in [0.15, 0.2) is 0 Å². The van der Waals surface area contributed by atoms with Crippen molar-refractivity contribution in [3.63, 3.8) is 0 Å². The number of hydrogen-bond acceptors (Lipinski definition) is 2. The van der Waals surface area contributed by atoms with Crippen molar-refractivity contribution >= 4 is 0 Å². The minimum Gasteiger partial charge on any atom is -0.496 e. The van der Waals surface area contributed by atoms with Crippen LogP contribution in [-0.2, 0) is 6.42 Å². The summed E-state index contributed by atoms with van der Waals surface area (Å²) in [5.74, 6) is 0.885. The molecule has 0 saturated heterocycles. The molecule has 1 N–H and O–H groups in total. The third kappa shape index (κ3) is 2.13. The molecule has 0 amide bonds. The second-order valence-corrected chi connectivity index (χ2v) is 4.98. The molecule has 3 rings (SSSR count). The first-order valence-electron chi connectivity index (χ1n) is 6.74. The van der Waals surface area contributed by atoms with E-state index in [1.807, 2.05) is 30.3 Å². The molecule has 0 aromatic heterocycles. The molecule has 2 aromatic rings. The first-order valence-corrected chi connectivity index (χ1v) is 6.74. The number of ether oxygens (including phenoxy) is 1. The molecule has 0 spiro atoms. The minimum atomic E-state index is -0.321. The maximum Gasteiger partial charge on any atom is 0.126 e. The topological polar surface area (TPSA) is 29.5 Å². The predicted octanol–water partition coefficient (Wildman–Crippen LogP) is 3.73. The molecule has 1 atom stereocenters. The van der Waals surface area contributed by atoms with Crippen molar-refractivity contribution in [2.45, 2.75) is 25.4 Å². The molecule has 0 fully saturated rings. The zero-order valence-electron chi connectivity index (χ0n) is 11.1. The average molecular weight is 254 g/mol. The molecule has 1 aliphatic rings. The number of benzene rings is 2. The minimum absolute atomic E-state index is 0.321. The fourth-order valence-electron chi connectivity index (χ4n) is 2.94. The van der Waals surface area contributed by atoms with Crippen molar-refractivity contribution in [1.29, 1.82) is 0 Å². The Bertz CT molecular complexity index is 590. The van der Waals surface area contributed by atoms with Crippen molar-refractivity contribution in [3.8, 4) is 16.9 Å². The zero-order chi connectivity index (χ0) is 13.2. The van der Waals surface area contributed by atoms with Gasteiger partial charge in [-0.05, 0) is 42.0 Å². The van der Waals surface area contributed by atoms with Gasteiger partial charge in [0.2, 0.25) is 0 Å². The lowest BCUT2D eigenvalue weighted by Crippen LogP contribution is -2.10. The van der Waals surface area contributed by atoms with E-state index >= 15 is 0 Å². The van der Waals surface area contributed by atoms with Crippen LogP contribution >= 0.6 is 0 Å². The van der Waals surface area contributed by atoms with Gasteiger partial charge in [0.1, 0.15) is 5.75 Å². The van der Waals surface area contributed by atoms with Crippen LogP contribution in [0.3, 0.4) is 0 Å². The summed E-state index contributed by atoms with van der Waals surface area (Å²) in [6.07, 6.45) is 2.61. The molecule has 98 valence electrons. The molecular weight excluding hydrogens is 236 g/mol. The van der Waals surface area contributed by atoms with Crippen LogP contribution in [-0.4, -0.2) is 12.2 Å².